The van der Waals surface area contributed by atoms with Gasteiger partial charge in [-0.05, 0) is 48.5 Å². The first-order valence-corrected chi connectivity index (χ1v) is 10.4. The number of urea groups is 1. The molecule has 2 N–H and O–H groups in total. The van der Waals surface area contributed by atoms with E-state index in [0.717, 1.165) is 13.2 Å². The Bertz CT molecular complexity index is 1350. The molecule has 0 aliphatic rings. The van der Waals surface area contributed by atoms with Gasteiger partial charge in [0.05, 0.1) is 29.5 Å². The van der Waals surface area contributed by atoms with Gasteiger partial charge in [-0.2, -0.15) is 39.5 Å². The second-order valence-electron chi connectivity index (χ2n) is 7.67. The van der Waals surface area contributed by atoms with Crippen molar-refractivity contribution in [3.05, 3.63) is 82.9 Å². The number of esters is 1. The first-order chi connectivity index (χ1) is 18.0. The molecule has 0 heterocycles. The van der Waals surface area contributed by atoms with E-state index in [1.807, 2.05) is 5.32 Å². The highest BCUT2D eigenvalue weighted by Crippen LogP contribution is 2.39. The Labute approximate surface area is 213 Å². The van der Waals surface area contributed by atoms with Crippen molar-refractivity contribution >= 4 is 23.4 Å². The fraction of sp³-hybridized carbons (Fsp3) is 0.167. The third kappa shape index (κ3) is 7.33. The summed E-state index contributed by atoms with van der Waals surface area (Å²) in [5.41, 5.74) is -6.49. The van der Waals surface area contributed by atoms with Gasteiger partial charge in [0.1, 0.15) is 11.3 Å². The Morgan fingerprint density at radius 3 is 1.77 bits per heavy atom. The van der Waals surface area contributed by atoms with Crippen molar-refractivity contribution in [2.24, 2.45) is 0 Å². The van der Waals surface area contributed by atoms with Crippen molar-refractivity contribution in [2.75, 3.05) is 17.7 Å². The van der Waals surface area contributed by atoms with E-state index >= 15 is 0 Å². The zero-order valence-corrected chi connectivity index (χ0v) is 19.3. The number of amides is 2. The highest BCUT2D eigenvalue weighted by Gasteiger charge is 2.37. The van der Waals surface area contributed by atoms with Gasteiger partial charge in [0.15, 0.2) is 5.75 Å². The number of nitrogens with one attached hydrogen (secondary N) is 2. The van der Waals surface area contributed by atoms with Gasteiger partial charge in [-0.1, -0.05) is 12.1 Å². The number of rotatable bonds is 5. The van der Waals surface area contributed by atoms with Crippen LogP contribution in [0.5, 0.6) is 11.5 Å². The Kier molecular flexibility index (Phi) is 8.03. The van der Waals surface area contributed by atoms with Crippen LogP contribution in [0, 0.1) is 0 Å². The normalized spacial score (nSPS) is 12.1. The van der Waals surface area contributed by atoms with Gasteiger partial charge in [-0.25, -0.2) is 9.59 Å². The van der Waals surface area contributed by atoms with E-state index in [-0.39, 0.29) is 29.5 Å². The van der Waals surface area contributed by atoms with Crippen LogP contribution in [0.4, 0.5) is 55.7 Å². The van der Waals surface area contributed by atoms with E-state index < -0.39 is 64.3 Å². The van der Waals surface area contributed by atoms with E-state index in [9.17, 15) is 49.1 Å². The monoisotopic (exact) mass is 566 g/mol. The van der Waals surface area contributed by atoms with Crippen LogP contribution < -0.4 is 15.4 Å². The maximum absolute atomic E-state index is 13.3. The zero-order chi connectivity index (χ0) is 29.2. The van der Waals surface area contributed by atoms with Crippen molar-refractivity contribution in [3.63, 3.8) is 0 Å². The smallest absolute Gasteiger partial charge is 0.416 e. The molecule has 0 atom stereocenters. The predicted octanol–water partition coefficient (Wildman–Crippen LogP) is 7.97. The molecule has 0 spiro atoms. The summed E-state index contributed by atoms with van der Waals surface area (Å²) in [5.74, 6) is -1.51. The van der Waals surface area contributed by atoms with Gasteiger partial charge in [-0.3, -0.25) is 0 Å². The maximum Gasteiger partial charge on any atom is 0.416 e. The van der Waals surface area contributed by atoms with Gasteiger partial charge in [-0.15, -0.1) is 0 Å². The molecular formula is C24H15F9N2O4. The summed E-state index contributed by atoms with van der Waals surface area (Å²) in [6, 6.07) is 5.94. The number of halogens is 9. The Hall–Kier alpha value is -4.43. The molecule has 0 fully saturated rings. The van der Waals surface area contributed by atoms with Crippen molar-refractivity contribution < 1.29 is 58.6 Å². The molecule has 15 heteroatoms. The number of alkyl halides is 9. The van der Waals surface area contributed by atoms with Crippen molar-refractivity contribution in [1.29, 1.82) is 0 Å². The Morgan fingerprint density at radius 1 is 0.667 bits per heavy atom. The van der Waals surface area contributed by atoms with Crippen LogP contribution in [0.25, 0.3) is 0 Å². The molecule has 0 aromatic heterocycles. The average molecular weight is 566 g/mol. The van der Waals surface area contributed by atoms with Crippen molar-refractivity contribution in [2.45, 2.75) is 18.5 Å². The highest BCUT2D eigenvalue weighted by molar-refractivity contribution is 6.01. The lowest BCUT2D eigenvalue weighted by molar-refractivity contribution is -0.143. The molecule has 0 unspecified atom stereocenters. The van der Waals surface area contributed by atoms with Crippen LogP contribution in [0.2, 0.25) is 0 Å². The third-order valence-electron chi connectivity index (χ3n) is 4.91. The van der Waals surface area contributed by atoms with Gasteiger partial charge >= 0.3 is 30.5 Å². The van der Waals surface area contributed by atoms with E-state index in [4.69, 9.17) is 4.74 Å². The van der Waals surface area contributed by atoms with Crippen molar-refractivity contribution in [1.82, 2.24) is 0 Å². The number of hydrogen-bond donors (Lipinski definition) is 2. The van der Waals surface area contributed by atoms with E-state index in [2.05, 4.69) is 4.74 Å². The molecule has 0 saturated heterocycles. The number of benzene rings is 3. The number of ether oxygens (including phenoxy) is 2. The molecule has 0 radical (unpaired) electrons. The predicted molar refractivity (Wildman–Crippen MR) is 118 cm³/mol. The lowest BCUT2D eigenvalue weighted by Gasteiger charge is -2.17. The molecule has 208 valence electrons. The SMILES string of the molecule is COC(=O)c1ccccc1Oc1ccc(C(F)(F)F)cc1NC(=O)Nc1cc(C(F)(F)F)cc(C(F)(F)F)c1. The van der Waals surface area contributed by atoms with Crippen LogP contribution in [0.15, 0.2) is 60.7 Å². The number of anilines is 2. The topological polar surface area (TPSA) is 76.7 Å². The molecule has 3 rings (SSSR count). The minimum atomic E-state index is -5.21. The number of carbonyl (C=O) groups is 2. The molecular weight excluding hydrogens is 551 g/mol. The zero-order valence-electron chi connectivity index (χ0n) is 19.3. The highest BCUT2D eigenvalue weighted by atomic mass is 19.4. The number of methoxy groups -OCH3 is 1. The lowest BCUT2D eigenvalue weighted by atomic mass is 10.1. The second-order valence-corrected chi connectivity index (χ2v) is 7.67. The van der Waals surface area contributed by atoms with Crippen LogP contribution in [-0.2, 0) is 23.3 Å². The van der Waals surface area contributed by atoms with E-state index in [0.29, 0.717) is 12.1 Å². The van der Waals surface area contributed by atoms with Crippen LogP contribution in [0.1, 0.15) is 27.0 Å². The van der Waals surface area contributed by atoms with Crippen LogP contribution in [0.3, 0.4) is 0 Å². The molecule has 6 nitrogen and oxygen atoms in total. The maximum atomic E-state index is 13.3. The van der Waals surface area contributed by atoms with Gasteiger partial charge in [0, 0.05) is 5.69 Å². The third-order valence-corrected chi connectivity index (χ3v) is 4.91. The first kappa shape index (κ1) is 29.1. The molecule has 0 aliphatic heterocycles. The quantitative estimate of drug-likeness (QED) is 0.243. The standard InChI is InChI=1S/C24H15F9N2O4/c1-38-20(36)16-4-2-3-5-18(16)39-19-7-6-12(22(25,26)27)11-17(19)35-21(37)34-15-9-13(23(28,29)30)8-14(10-15)24(31,32)33/h2-11H,1H3,(H2,34,35,37). The van der Waals surface area contributed by atoms with Crippen LogP contribution >= 0.6 is 0 Å². The Morgan fingerprint density at radius 2 is 1.23 bits per heavy atom. The first-order valence-electron chi connectivity index (χ1n) is 10.4. The molecule has 39 heavy (non-hydrogen) atoms. The minimum absolute atomic E-state index is 0.140. The summed E-state index contributed by atoms with van der Waals surface area (Å²) in [6.07, 6.45) is -15.3. The fourth-order valence-corrected chi connectivity index (χ4v) is 3.16. The van der Waals surface area contributed by atoms with Gasteiger partial charge in [0.25, 0.3) is 0 Å². The minimum Gasteiger partial charge on any atom is -0.465 e. The summed E-state index contributed by atoms with van der Waals surface area (Å²) in [6.45, 7) is 0. The summed E-state index contributed by atoms with van der Waals surface area (Å²) >= 11 is 0. The van der Waals surface area contributed by atoms with E-state index in [1.165, 1.54) is 24.3 Å². The van der Waals surface area contributed by atoms with Crippen molar-refractivity contribution in [3.8, 4) is 11.5 Å². The largest absolute Gasteiger partial charge is 0.465 e. The number of carbonyl (C=O) groups excluding carboxylic acids is 2. The van der Waals surface area contributed by atoms with Gasteiger partial charge in [0.2, 0.25) is 0 Å². The molecule has 2 amide bonds. The Balaban J connectivity index is 1.98. The second kappa shape index (κ2) is 10.7. The number of hydrogen-bond acceptors (Lipinski definition) is 4. The summed E-state index contributed by atoms with van der Waals surface area (Å²) in [4.78, 5) is 24.5. The van der Waals surface area contributed by atoms with E-state index in [1.54, 1.807) is 5.32 Å². The lowest BCUT2D eigenvalue weighted by Crippen LogP contribution is -2.21. The average Bonchev–Trinajstić information content (AvgIpc) is 2.83. The molecule has 3 aromatic rings. The fourth-order valence-electron chi connectivity index (χ4n) is 3.16. The number of para-hydroxylation sites is 1. The molecule has 3 aromatic carbocycles. The summed E-state index contributed by atoms with van der Waals surface area (Å²) in [5, 5.41) is 3.66. The van der Waals surface area contributed by atoms with Gasteiger partial charge < -0.3 is 20.1 Å². The molecule has 0 aliphatic carbocycles. The summed E-state index contributed by atoms with van der Waals surface area (Å²) < 4.78 is 129. The van der Waals surface area contributed by atoms with Crippen LogP contribution in [-0.4, -0.2) is 19.1 Å². The molecule has 0 bridgehead atoms. The summed E-state index contributed by atoms with van der Waals surface area (Å²) in [7, 11) is 1.06. The molecule has 0 saturated carbocycles.